The summed E-state index contributed by atoms with van der Waals surface area (Å²) in [6, 6.07) is 7.88. The summed E-state index contributed by atoms with van der Waals surface area (Å²) in [6.07, 6.45) is 2.20. The first-order valence-corrected chi connectivity index (χ1v) is 8.49. The summed E-state index contributed by atoms with van der Waals surface area (Å²) in [7, 11) is 1.64. The zero-order valence-electron chi connectivity index (χ0n) is 15.2. The molecule has 1 saturated heterocycles. The second-order valence-electron chi connectivity index (χ2n) is 7.69. The first kappa shape index (κ1) is 18.6. The highest BCUT2D eigenvalue weighted by molar-refractivity contribution is 5.68. The fourth-order valence-corrected chi connectivity index (χ4v) is 3.20. The topological polar surface area (TPSA) is 59.0 Å². The van der Waals surface area contributed by atoms with Gasteiger partial charge in [0.2, 0.25) is 0 Å². The smallest absolute Gasteiger partial charge is 0.410 e. The van der Waals surface area contributed by atoms with Crippen molar-refractivity contribution in [3.8, 4) is 5.75 Å². The van der Waals surface area contributed by atoms with Crippen molar-refractivity contribution in [2.45, 2.75) is 45.6 Å². The van der Waals surface area contributed by atoms with E-state index in [2.05, 4.69) is 0 Å². The molecule has 1 N–H and O–H groups in total. The maximum atomic E-state index is 12.4. The molecule has 2 rings (SSSR count). The summed E-state index contributed by atoms with van der Waals surface area (Å²) in [5.41, 5.74) is 0.312. The lowest BCUT2D eigenvalue weighted by molar-refractivity contribution is -0.00845. The summed E-state index contributed by atoms with van der Waals surface area (Å²) in [5, 5.41) is 10.0. The summed E-state index contributed by atoms with van der Waals surface area (Å²) in [4.78, 5) is 14.1. The van der Waals surface area contributed by atoms with Gasteiger partial charge >= 0.3 is 6.09 Å². The number of aliphatic hydroxyl groups is 1. The van der Waals surface area contributed by atoms with E-state index in [0.29, 0.717) is 13.1 Å². The predicted octanol–water partition coefficient (Wildman–Crippen LogP) is 3.25. The molecule has 134 valence electrons. The number of piperidine rings is 1. The number of nitrogens with zero attached hydrogens (tertiary/aromatic N) is 1. The number of methoxy groups -OCH3 is 1. The molecule has 1 aliphatic heterocycles. The Bertz CT molecular complexity index is 549. The molecule has 0 aliphatic carbocycles. The number of hydrogen-bond acceptors (Lipinski definition) is 4. The van der Waals surface area contributed by atoms with Crippen molar-refractivity contribution in [2.24, 2.45) is 5.41 Å². The Labute approximate surface area is 144 Å². The number of hydrogen-bond donors (Lipinski definition) is 1. The van der Waals surface area contributed by atoms with Crippen LogP contribution in [0.15, 0.2) is 24.3 Å². The van der Waals surface area contributed by atoms with E-state index in [-0.39, 0.29) is 18.1 Å². The van der Waals surface area contributed by atoms with Crippen molar-refractivity contribution in [1.82, 2.24) is 4.90 Å². The number of rotatable bonds is 4. The fourth-order valence-electron chi connectivity index (χ4n) is 3.20. The van der Waals surface area contributed by atoms with Gasteiger partial charge in [0.15, 0.2) is 0 Å². The van der Waals surface area contributed by atoms with Crippen molar-refractivity contribution in [3.05, 3.63) is 29.8 Å². The molecule has 0 radical (unpaired) electrons. The lowest BCUT2D eigenvalue weighted by Gasteiger charge is -2.42. The van der Waals surface area contributed by atoms with Gasteiger partial charge < -0.3 is 19.5 Å². The summed E-state index contributed by atoms with van der Waals surface area (Å²) in [6.45, 7) is 6.85. The highest BCUT2D eigenvalue weighted by atomic mass is 16.6. The van der Waals surface area contributed by atoms with Crippen LogP contribution < -0.4 is 4.74 Å². The molecular weight excluding hydrogens is 306 g/mol. The lowest BCUT2D eigenvalue weighted by Crippen LogP contribution is -2.50. The number of carbonyl (C=O) groups excluding carboxylic acids is 1. The van der Waals surface area contributed by atoms with E-state index in [9.17, 15) is 9.90 Å². The molecule has 1 aromatic rings. The van der Waals surface area contributed by atoms with Crippen molar-refractivity contribution in [2.75, 3.05) is 26.8 Å². The van der Waals surface area contributed by atoms with Crippen LogP contribution in [-0.4, -0.2) is 48.5 Å². The van der Waals surface area contributed by atoms with Gasteiger partial charge in [0.1, 0.15) is 11.4 Å². The number of aliphatic hydroxyl groups excluding tert-OH is 1. The molecule has 1 fully saturated rings. The molecule has 5 heteroatoms. The molecule has 0 saturated carbocycles. The third-order valence-electron chi connectivity index (χ3n) is 4.39. The quantitative estimate of drug-likeness (QED) is 0.917. The predicted molar refractivity (Wildman–Crippen MR) is 93.3 cm³/mol. The second kappa shape index (κ2) is 7.43. The Balaban J connectivity index is 2.08. The molecule has 0 bridgehead atoms. The van der Waals surface area contributed by atoms with Gasteiger partial charge in [-0.2, -0.15) is 0 Å². The third-order valence-corrected chi connectivity index (χ3v) is 4.39. The van der Waals surface area contributed by atoms with Crippen molar-refractivity contribution >= 4 is 6.09 Å². The maximum absolute atomic E-state index is 12.4. The number of ether oxygens (including phenoxy) is 2. The van der Waals surface area contributed by atoms with Crippen LogP contribution in [0.2, 0.25) is 0 Å². The van der Waals surface area contributed by atoms with E-state index in [1.165, 1.54) is 0 Å². The number of likely N-dealkylation sites (tertiary alicyclic amines) is 1. The Hall–Kier alpha value is -1.75. The van der Waals surface area contributed by atoms with Gasteiger partial charge in [0, 0.05) is 18.5 Å². The van der Waals surface area contributed by atoms with Gasteiger partial charge in [-0.25, -0.2) is 4.79 Å². The van der Waals surface area contributed by atoms with E-state index < -0.39 is 5.60 Å². The zero-order valence-corrected chi connectivity index (χ0v) is 15.2. The summed E-state index contributed by atoms with van der Waals surface area (Å²) < 4.78 is 10.7. The van der Waals surface area contributed by atoms with Crippen LogP contribution >= 0.6 is 0 Å². The Morgan fingerprint density at radius 2 is 1.96 bits per heavy atom. The molecule has 1 aliphatic rings. The molecule has 1 aromatic carbocycles. The van der Waals surface area contributed by atoms with Crippen molar-refractivity contribution in [1.29, 1.82) is 0 Å². The molecule has 1 heterocycles. The normalized spacial score (nSPS) is 21.5. The van der Waals surface area contributed by atoms with Crippen LogP contribution in [-0.2, 0) is 11.2 Å². The summed E-state index contributed by atoms with van der Waals surface area (Å²) in [5.74, 6) is 0.816. The standard InChI is InChI=1S/C19H29NO4/c1-18(2,3)24-17(22)20-11-5-10-19(13-20,14-21)12-15-6-8-16(23-4)9-7-15/h6-9,21H,5,10-14H2,1-4H3. The lowest BCUT2D eigenvalue weighted by atomic mass is 9.76. The van der Waals surface area contributed by atoms with E-state index in [4.69, 9.17) is 9.47 Å². The van der Waals surface area contributed by atoms with E-state index in [1.807, 2.05) is 45.0 Å². The number of amides is 1. The minimum atomic E-state index is -0.508. The highest BCUT2D eigenvalue weighted by Gasteiger charge is 2.38. The van der Waals surface area contributed by atoms with Crippen molar-refractivity contribution in [3.63, 3.8) is 0 Å². The van der Waals surface area contributed by atoms with Crippen LogP contribution in [0.4, 0.5) is 4.79 Å². The second-order valence-corrected chi connectivity index (χ2v) is 7.69. The largest absolute Gasteiger partial charge is 0.497 e. The monoisotopic (exact) mass is 335 g/mol. The van der Waals surface area contributed by atoms with Crippen molar-refractivity contribution < 1.29 is 19.4 Å². The van der Waals surface area contributed by atoms with Crippen LogP contribution in [0.1, 0.15) is 39.2 Å². The average molecular weight is 335 g/mol. The molecule has 0 aromatic heterocycles. The highest BCUT2D eigenvalue weighted by Crippen LogP contribution is 2.34. The van der Waals surface area contributed by atoms with Crippen LogP contribution in [0.3, 0.4) is 0 Å². The Morgan fingerprint density at radius 1 is 1.29 bits per heavy atom. The number of benzene rings is 1. The first-order chi connectivity index (χ1) is 11.3. The molecule has 24 heavy (non-hydrogen) atoms. The van der Waals surface area contributed by atoms with Gasteiger partial charge in [0.25, 0.3) is 0 Å². The molecule has 1 unspecified atom stereocenters. The average Bonchev–Trinajstić information content (AvgIpc) is 2.54. The third kappa shape index (κ3) is 4.87. The molecule has 0 spiro atoms. The molecule has 5 nitrogen and oxygen atoms in total. The van der Waals surface area contributed by atoms with E-state index in [1.54, 1.807) is 12.0 Å². The number of carbonyl (C=O) groups is 1. The minimum absolute atomic E-state index is 0.0539. The molecular formula is C19H29NO4. The Morgan fingerprint density at radius 3 is 2.50 bits per heavy atom. The van der Waals surface area contributed by atoms with E-state index >= 15 is 0 Å². The maximum Gasteiger partial charge on any atom is 0.410 e. The first-order valence-electron chi connectivity index (χ1n) is 8.49. The molecule has 1 amide bonds. The zero-order chi connectivity index (χ0) is 17.8. The van der Waals surface area contributed by atoms with Gasteiger partial charge in [-0.3, -0.25) is 0 Å². The Kier molecular flexibility index (Phi) is 5.75. The fraction of sp³-hybridized carbons (Fsp3) is 0.632. The minimum Gasteiger partial charge on any atom is -0.497 e. The molecule has 1 atom stereocenters. The van der Waals surface area contributed by atoms with Gasteiger partial charge in [-0.1, -0.05) is 12.1 Å². The van der Waals surface area contributed by atoms with Crippen LogP contribution in [0.25, 0.3) is 0 Å². The SMILES string of the molecule is COc1ccc(CC2(CO)CCCN(C(=O)OC(C)(C)C)C2)cc1. The van der Waals surface area contributed by atoms with Crippen LogP contribution in [0, 0.1) is 5.41 Å². The van der Waals surface area contributed by atoms with Gasteiger partial charge in [0.05, 0.1) is 13.7 Å². The van der Waals surface area contributed by atoms with Crippen LogP contribution in [0.5, 0.6) is 5.75 Å². The van der Waals surface area contributed by atoms with Gasteiger partial charge in [-0.05, 0) is 57.7 Å². The summed E-state index contributed by atoms with van der Waals surface area (Å²) >= 11 is 0. The van der Waals surface area contributed by atoms with Gasteiger partial charge in [-0.15, -0.1) is 0 Å². The van der Waals surface area contributed by atoms with E-state index in [0.717, 1.165) is 30.6 Å².